The van der Waals surface area contributed by atoms with Gasteiger partial charge in [0.05, 0.1) is 0 Å². The minimum atomic E-state index is -4.47. The molecule has 0 saturated carbocycles. The van der Waals surface area contributed by atoms with Crippen LogP contribution >= 0.6 is 0 Å². The summed E-state index contributed by atoms with van der Waals surface area (Å²) < 4.78 is 42.9. The summed E-state index contributed by atoms with van der Waals surface area (Å²) in [6.45, 7) is 0. The summed E-state index contributed by atoms with van der Waals surface area (Å²) in [4.78, 5) is 0. The quantitative estimate of drug-likeness (QED) is 0.547. The van der Waals surface area contributed by atoms with Crippen LogP contribution in [0.1, 0.15) is 0 Å². The molecule has 7 heteroatoms. The zero-order chi connectivity index (χ0) is 6.28. The Morgan fingerprint density at radius 3 is 1.00 bits per heavy atom. The molecule has 0 N–H and O–H groups in total. The molecule has 0 bridgehead atoms. The third kappa shape index (κ3) is 201. The van der Waals surface area contributed by atoms with E-state index in [4.69, 9.17) is 11.7 Å². The summed E-state index contributed by atoms with van der Waals surface area (Å²) in [5.41, 5.74) is 0. The van der Waals surface area contributed by atoms with Crippen LogP contribution in [0.15, 0.2) is 0 Å². The molecular formula is LaO5Ti. The molecule has 0 aromatic rings. The molecule has 37 valence electrons. The summed E-state index contributed by atoms with van der Waals surface area (Å²) in [6, 6.07) is 0. The molecule has 0 radical (unpaired) electrons. The average Bonchev–Trinajstić information content (AvgIpc) is 1.33. The summed E-state index contributed by atoms with van der Waals surface area (Å²) >= 11 is -6.47. The first kappa shape index (κ1) is 10.8. The Bertz CT molecular complexity index is 135. The molecule has 0 amide bonds. The monoisotopic (exact) mass is 267 g/mol. The third-order valence-corrected chi connectivity index (χ3v) is 0. The zero-order valence-electron chi connectivity index (χ0n) is 3.12. The van der Waals surface area contributed by atoms with Crippen molar-refractivity contribution in [2.45, 2.75) is 0 Å². The first-order valence-electron chi connectivity index (χ1n) is 1.12. The van der Waals surface area contributed by atoms with Crippen LogP contribution in [0.25, 0.3) is 0 Å². The van der Waals surface area contributed by atoms with Gasteiger partial charge in [-0.2, -0.15) is 0 Å². The first-order chi connectivity index (χ1) is 3.15. The summed E-state index contributed by atoms with van der Waals surface area (Å²) in [6.07, 6.45) is 0. The van der Waals surface area contributed by atoms with Crippen LogP contribution in [-0.4, -0.2) is 0 Å². The molecule has 0 rings (SSSR count). The van der Waals surface area contributed by atoms with Gasteiger partial charge in [-0.3, -0.25) is 0 Å². The third-order valence-electron chi connectivity index (χ3n) is 0. The summed E-state index contributed by atoms with van der Waals surface area (Å²) in [7, 11) is 0. The first-order valence-corrected chi connectivity index (χ1v) is 6.83. The Hall–Kier alpha value is 0.909. The van der Waals surface area contributed by atoms with Gasteiger partial charge in [-0.05, 0) is 0 Å². The van der Waals surface area contributed by atoms with E-state index in [-0.39, 0.29) is 0 Å². The van der Waals surface area contributed by atoms with Crippen molar-refractivity contribution in [3.8, 4) is 0 Å². The maximum atomic E-state index is 8.64. The average molecular weight is 267 g/mol. The summed E-state index contributed by atoms with van der Waals surface area (Å²) in [5, 5.41) is 0. The van der Waals surface area contributed by atoms with E-state index in [2.05, 4.69) is 0 Å². The van der Waals surface area contributed by atoms with Gasteiger partial charge in [-0.25, -0.2) is 0 Å². The van der Waals surface area contributed by atoms with Gasteiger partial charge in [0.25, 0.3) is 0 Å². The van der Waals surface area contributed by atoms with E-state index in [1.807, 2.05) is 0 Å². The predicted molar refractivity (Wildman–Crippen MR) is 3.43 cm³/mol. The molecule has 0 atom stereocenters. The van der Waals surface area contributed by atoms with Crippen LogP contribution in [0, 0.1) is 30.2 Å². The van der Waals surface area contributed by atoms with Crippen LogP contribution in [0.4, 0.5) is 0 Å². The number of hydrogen-bond donors (Lipinski definition) is 0. The van der Waals surface area contributed by atoms with E-state index in [1.165, 1.54) is 0 Å². The fraction of sp³-hybridized carbons (Fsp3) is 0. The van der Waals surface area contributed by atoms with Gasteiger partial charge in [0.2, 0.25) is 0 Å². The second kappa shape index (κ2) is 10.0. The van der Waals surface area contributed by atoms with Gasteiger partial charge in [-0.15, -0.1) is 0 Å². The molecule has 7 heavy (non-hydrogen) atoms. The van der Waals surface area contributed by atoms with E-state index in [0.717, 1.165) is 0 Å². The molecule has 0 aromatic heterocycles. The van der Waals surface area contributed by atoms with Crippen LogP contribution in [0.3, 0.4) is 0 Å². The molecule has 0 aliphatic heterocycles. The van der Waals surface area contributed by atoms with Gasteiger partial charge < -0.3 is 0 Å². The molecule has 0 aliphatic carbocycles. The van der Waals surface area contributed by atoms with Crippen molar-refractivity contribution in [2.75, 3.05) is 0 Å². The van der Waals surface area contributed by atoms with Crippen molar-refractivity contribution in [1.82, 2.24) is 0 Å². The van der Waals surface area contributed by atoms with Gasteiger partial charge in [-0.1, -0.05) is 0 Å². The molecular weight excluding hydrogens is 267 g/mol. The van der Waals surface area contributed by atoms with E-state index in [0.29, 0.717) is 0 Å². The maximum absolute atomic E-state index is 8.64. The normalized spacial score (nSPS) is 3.29. The van der Waals surface area contributed by atoms with Crippen LogP contribution < -0.4 is 0 Å². The fourth-order valence-corrected chi connectivity index (χ4v) is 0. The van der Waals surface area contributed by atoms with Gasteiger partial charge in [0, 0.05) is 0 Å². The Labute approximate surface area is 60.2 Å². The van der Waals surface area contributed by atoms with Crippen molar-refractivity contribution in [3.05, 3.63) is 0 Å². The second-order valence-electron chi connectivity index (χ2n) is 0.372. The van der Waals surface area contributed by atoms with E-state index < -0.39 is 49.3 Å². The van der Waals surface area contributed by atoms with E-state index in [9.17, 15) is 0 Å². The van der Waals surface area contributed by atoms with Crippen molar-refractivity contribution < 1.29 is 61.1 Å². The summed E-state index contributed by atoms with van der Waals surface area (Å²) in [5.74, 6) is 0. The van der Waals surface area contributed by atoms with Gasteiger partial charge in [0.1, 0.15) is 0 Å². The molecule has 0 heterocycles. The minimum absolute atomic E-state index is 2.00. The Balaban J connectivity index is 0. The van der Waals surface area contributed by atoms with Crippen molar-refractivity contribution in [1.29, 1.82) is 0 Å². The molecule has 0 spiro atoms. The standard InChI is InChI=1S/La.5O.Ti. The van der Waals surface area contributed by atoms with Crippen LogP contribution in [-0.2, 0) is 30.8 Å². The number of hydrogen-bond acceptors (Lipinski definition) is 5. The Kier molecular flexibility index (Phi) is 15.5. The molecule has 0 fully saturated rings. The topological polar surface area (TPSA) is 85.3 Å². The van der Waals surface area contributed by atoms with Crippen LogP contribution in [0.2, 0.25) is 0 Å². The predicted octanol–water partition coefficient (Wildman–Crippen LogP) is -0.597. The SMILES string of the molecule is [O]=[La](=[O])=[O].[O]=[Ti]=[O]. The van der Waals surface area contributed by atoms with Crippen molar-refractivity contribution in [2.24, 2.45) is 0 Å². The Morgan fingerprint density at radius 2 is 1.00 bits per heavy atom. The van der Waals surface area contributed by atoms with E-state index >= 15 is 0 Å². The zero-order valence-corrected chi connectivity index (χ0v) is 8.31. The molecule has 0 unspecified atom stereocenters. The molecule has 5 nitrogen and oxygen atoms in total. The number of rotatable bonds is 0. The Morgan fingerprint density at radius 1 is 1.00 bits per heavy atom. The van der Waals surface area contributed by atoms with Gasteiger partial charge in [0.15, 0.2) is 0 Å². The fourth-order valence-electron chi connectivity index (χ4n) is 0. The molecule has 0 saturated heterocycles. The van der Waals surface area contributed by atoms with E-state index in [1.54, 1.807) is 0 Å². The van der Waals surface area contributed by atoms with Crippen LogP contribution in [0.5, 0.6) is 0 Å². The molecule has 0 aromatic carbocycles. The van der Waals surface area contributed by atoms with Crippen molar-refractivity contribution in [3.63, 3.8) is 0 Å². The van der Waals surface area contributed by atoms with Gasteiger partial charge >= 0.3 is 61.1 Å². The second-order valence-corrected chi connectivity index (χ2v) is 2.45. The molecule has 0 aliphatic rings. The van der Waals surface area contributed by atoms with Crippen molar-refractivity contribution >= 4 is 0 Å².